The smallest absolute Gasteiger partial charge is 0.324 e. The van der Waals surface area contributed by atoms with E-state index < -0.39 is 16.9 Å². The summed E-state index contributed by atoms with van der Waals surface area (Å²) >= 11 is 1.10. The van der Waals surface area contributed by atoms with Crippen LogP contribution >= 0.6 is 11.3 Å². The van der Waals surface area contributed by atoms with Crippen LogP contribution in [0.4, 0.5) is 5.00 Å². The number of likely N-dealkylation sites (tertiary alicyclic amines) is 1. The topological polar surface area (TPSA) is 83.7 Å². The predicted molar refractivity (Wildman–Crippen MR) is 73.6 cm³/mol. The fourth-order valence-corrected chi connectivity index (χ4v) is 4.39. The van der Waals surface area contributed by atoms with E-state index in [-0.39, 0.29) is 10.9 Å². The van der Waals surface area contributed by atoms with Crippen LogP contribution in [0, 0.1) is 22.0 Å². The minimum Gasteiger partial charge on any atom is -0.480 e. The summed E-state index contributed by atoms with van der Waals surface area (Å²) in [5.41, 5.74) is 0.841. The fourth-order valence-electron chi connectivity index (χ4n) is 3.67. The molecule has 0 aromatic carbocycles. The highest BCUT2D eigenvalue weighted by atomic mass is 32.1. The van der Waals surface area contributed by atoms with Crippen LogP contribution in [-0.2, 0) is 11.3 Å². The van der Waals surface area contributed by atoms with Gasteiger partial charge in [-0.25, -0.2) is 0 Å². The molecule has 20 heavy (non-hydrogen) atoms. The normalized spacial score (nSPS) is 29.5. The molecule has 3 rings (SSSR count). The number of hydrogen-bond donors (Lipinski definition) is 1. The largest absolute Gasteiger partial charge is 0.480 e. The van der Waals surface area contributed by atoms with Gasteiger partial charge in [-0.15, -0.1) is 0 Å². The van der Waals surface area contributed by atoms with Crippen molar-refractivity contribution in [2.24, 2.45) is 11.8 Å². The first-order valence-corrected chi connectivity index (χ1v) is 7.63. The molecule has 0 radical (unpaired) electrons. The van der Waals surface area contributed by atoms with Gasteiger partial charge in [-0.05, 0) is 30.2 Å². The molecule has 3 atom stereocenters. The summed E-state index contributed by atoms with van der Waals surface area (Å²) < 4.78 is 0. The van der Waals surface area contributed by atoms with E-state index in [1.54, 1.807) is 11.4 Å². The van der Waals surface area contributed by atoms with Gasteiger partial charge in [0.2, 0.25) is 0 Å². The highest BCUT2D eigenvalue weighted by Gasteiger charge is 2.47. The number of fused-ring (bicyclic) bond motifs is 1. The Hall–Kier alpha value is -1.47. The SMILES string of the molecule is O=C(O)C1C2CCCC2CN1Cc1csc([N+](=O)[O-])c1. The van der Waals surface area contributed by atoms with Gasteiger partial charge in [-0.3, -0.25) is 19.8 Å². The monoisotopic (exact) mass is 296 g/mol. The molecular weight excluding hydrogens is 280 g/mol. The van der Waals surface area contributed by atoms with E-state index in [1.807, 2.05) is 4.90 Å². The molecule has 7 heteroatoms. The van der Waals surface area contributed by atoms with Crippen LogP contribution in [0.25, 0.3) is 0 Å². The summed E-state index contributed by atoms with van der Waals surface area (Å²) in [4.78, 5) is 23.8. The van der Waals surface area contributed by atoms with Crippen LogP contribution in [-0.4, -0.2) is 33.5 Å². The van der Waals surface area contributed by atoms with Gasteiger partial charge in [-0.1, -0.05) is 17.8 Å². The Morgan fingerprint density at radius 1 is 1.55 bits per heavy atom. The molecule has 0 amide bonds. The van der Waals surface area contributed by atoms with E-state index in [4.69, 9.17) is 0 Å². The van der Waals surface area contributed by atoms with Gasteiger partial charge in [0, 0.05) is 24.5 Å². The molecule has 1 saturated heterocycles. The molecule has 0 spiro atoms. The lowest BCUT2D eigenvalue weighted by atomic mass is 9.94. The first-order valence-electron chi connectivity index (χ1n) is 6.75. The van der Waals surface area contributed by atoms with Crippen molar-refractivity contribution >= 4 is 22.3 Å². The molecule has 2 heterocycles. The molecule has 1 saturated carbocycles. The first kappa shape index (κ1) is 13.5. The number of nitro groups is 1. The maximum absolute atomic E-state index is 11.5. The zero-order valence-corrected chi connectivity index (χ0v) is 11.7. The number of hydrogen-bond acceptors (Lipinski definition) is 5. The Balaban J connectivity index is 1.75. The van der Waals surface area contributed by atoms with Crippen LogP contribution in [0.1, 0.15) is 24.8 Å². The third-order valence-corrected chi connectivity index (χ3v) is 5.37. The highest BCUT2D eigenvalue weighted by molar-refractivity contribution is 7.13. The number of rotatable bonds is 4. The van der Waals surface area contributed by atoms with Gasteiger partial charge in [0.05, 0.1) is 4.92 Å². The zero-order valence-electron chi connectivity index (χ0n) is 10.9. The Morgan fingerprint density at radius 2 is 2.35 bits per heavy atom. The molecule has 1 aliphatic heterocycles. The average Bonchev–Trinajstić information content (AvgIpc) is 3.02. The molecule has 1 N–H and O–H groups in total. The van der Waals surface area contributed by atoms with Gasteiger partial charge in [0.25, 0.3) is 0 Å². The Labute approximate surface area is 120 Å². The summed E-state index contributed by atoms with van der Waals surface area (Å²) in [6.07, 6.45) is 3.22. The number of carboxylic acids is 1. The third kappa shape index (κ3) is 2.31. The average molecular weight is 296 g/mol. The summed E-state index contributed by atoms with van der Waals surface area (Å²) in [5, 5.41) is 22.0. The molecule has 1 aromatic heterocycles. The van der Waals surface area contributed by atoms with Gasteiger partial charge in [-0.2, -0.15) is 0 Å². The fraction of sp³-hybridized carbons (Fsp3) is 0.615. The van der Waals surface area contributed by atoms with E-state index in [1.165, 1.54) is 0 Å². The number of thiophene rings is 1. The van der Waals surface area contributed by atoms with Crippen LogP contribution in [0.15, 0.2) is 11.4 Å². The minimum atomic E-state index is -0.760. The van der Waals surface area contributed by atoms with Crippen molar-refractivity contribution in [2.75, 3.05) is 6.54 Å². The standard InChI is InChI=1S/C13H16N2O4S/c16-13(17)12-10-3-1-2-9(10)6-14(12)5-8-4-11(15(18)19)20-7-8/h4,7,9-10,12H,1-3,5-6H2,(H,16,17). The molecule has 2 aliphatic rings. The van der Waals surface area contributed by atoms with Crippen molar-refractivity contribution in [1.82, 2.24) is 4.90 Å². The van der Waals surface area contributed by atoms with E-state index in [0.717, 1.165) is 42.7 Å². The van der Waals surface area contributed by atoms with Crippen molar-refractivity contribution in [3.05, 3.63) is 27.1 Å². The van der Waals surface area contributed by atoms with Crippen molar-refractivity contribution in [3.63, 3.8) is 0 Å². The third-order valence-electron chi connectivity index (χ3n) is 4.44. The Kier molecular flexibility index (Phi) is 3.47. The van der Waals surface area contributed by atoms with Crippen molar-refractivity contribution in [2.45, 2.75) is 31.8 Å². The van der Waals surface area contributed by atoms with Crippen LogP contribution in [0.3, 0.4) is 0 Å². The summed E-state index contributed by atoms with van der Waals surface area (Å²) in [6.45, 7) is 1.29. The quantitative estimate of drug-likeness (QED) is 0.681. The molecule has 6 nitrogen and oxygen atoms in total. The second kappa shape index (κ2) is 5.14. The van der Waals surface area contributed by atoms with E-state index in [2.05, 4.69) is 0 Å². The number of nitrogens with zero attached hydrogens (tertiary/aromatic N) is 2. The van der Waals surface area contributed by atoms with Crippen molar-refractivity contribution in [3.8, 4) is 0 Å². The van der Waals surface area contributed by atoms with Gasteiger partial charge in [0.15, 0.2) is 0 Å². The summed E-state index contributed by atoms with van der Waals surface area (Å²) in [6, 6.07) is 1.12. The molecule has 108 valence electrons. The number of carboxylic acid groups (broad SMARTS) is 1. The van der Waals surface area contributed by atoms with E-state index >= 15 is 0 Å². The molecule has 1 aromatic rings. The number of carbonyl (C=O) groups is 1. The van der Waals surface area contributed by atoms with Crippen molar-refractivity contribution in [1.29, 1.82) is 0 Å². The molecule has 1 aliphatic carbocycles. The maximum atomic E-state index is 11.5. The van der Waals surface area contributed by atoms with Gasteiger partial charge >= 0.3 is 11.0 Å². The van der Waals surface area contributed by atoms with Crippen LogP contribution in [0.2, 0.25) is 0 Å². The highest BCUT2D eigenvalue weighted by Crippen LogP contribution is 2.43. The lowest BCUT2D eigenvalue weighted by Crippen LogP contribution is -2.39. The van der Waals surface area contributed by atoms with Crippen molar-refractivity contribution < 1.29 is 14.8 Å². The van der Waals surface area contributed by atoms with Gasteiger partial charge < -0.3 is 5.11 Å². The summed E-state index contributed by atoms with van der Waals surface area (Å²) in [5.74, 6) is -0.0324. The lowest BCUT2D eigenvalue weighted by Gasteiger charge is -2.23. The lowest BCUT2D eigenvalue weighted by molar-refractivity contribution is -0.380. The van der Waals surface area contributed by atoms with Crippen LogP contribution < -0.4 is 0 Å². The zero-order chi connectivity index (χ0) is 14.3. The Morgan fingerprint density at radius 3 is 3.00 bits per heavy atom. The molecular formula is C13H16N2O4S. The predicted octanol–water partition coefficient (Wildman–Crippen LogP) is 2.34. The van der Waals surface area contributed by atoms with E-state index in [0.29, 0.717) is 12.5 Å². The van der Waals surface area contributed by atoms with Crippen LogP contribution in [0.5, 0.6) is 0 Å². The second-order valence-corrected chi connectivity index (χ2v) is 6.51. The molecule has 3 unspecified atom stereocenters. The molecule has 0 bridgehead atoms. The minimum absolute atomic E-state index is 0.117. The number of aliphatic carboxylic acids is 1. The summed E-state index contributed by atoms with van der Waals surface area (Å²) in [7, 11) is 0. The first-order chi connectivity index (χ1) is 9.56. The maximum Gasteiger partial charge on any atom is 0.324 e. The van der Waals surface area contributed by atoms with Gasteiger partial charge in [0.1, 0.15) is 6.04 Å². The Bertz CT molecular complexity index is 544. The molecule has 2 fully saturated rings. The van der Waals surface area contributed by atoms with E-state index in [9.17, 15) is 20.0 Å². The second-order valence-electron chi connectivity index (χ2n) is 5.62.